The summed E-state index contributed by atoms with van der Waals surface area (Å²) in [4.78, 5) is 0. The van der Waals surface area contributed by atoms with Crippen molar-refractivity contribution in [3.63, 3.8) is 0 Å². The van der Waals surface area contributed by atoms with Gasteiger partial charge in [-0.05, 0) is 18.6 Å². The van der Waals surface area contributed by atoms with E-state index in [0.29, 0.717) is 5.76 Å². The molecule has 2 heteroatoms. The zero-order chi connectivity index (χ0) is 9.84. The Bertz CT molecular complexity index is 316. The Kier molecular flexibility index (Phi) is 2.96. The second-order valence-electron chi connectivity index (χ2n) is 2.78. The lowest BCUT2D eigenvalue weighted by Gasteiger charge is -2.11. The van der Waals surface area contributed by atoms with Crippen molar-refractivity contribution in [2.45, 2.75) is 6.92 Å². The minimum absolute atomic E-state index is 0.626. The number of methoxy groups -OCH3 is 2. The van der Waals surface area contributed by atoms with Crippen LogP contribution in [0.3, 0.4) is 0 Å². The summed E-state index contributed by atoms with van der Waals surface area (Å²) in [5.41, 5.74) is 1.99. The monoisotopic (exact) mass is 178 g/mol. The van der Waals surface area contributed by atoms with Gasteiger partial charge in [0.05, 0.1) is 19.8 Å². The highest BCUT2D eigenvalue weighted by molar-refractivity contribution is 5.65. The van der Waals surface area contributed by atoms with Crippen molar-refractivity contribution in [3.8, 4) is 5.75 Å². The average molecular weight is 178 g/mol. The van der Waals surface area contributed by atoms with Crippen molar-refractivity contribution in [2.24, 2.45) is 0 Å². The summed E-state index contributed by atoms with van der Waals surface area (Å²) >= 11 is 0. The first-order valence-corrected chi connectivity index (χ1v) is 4.07. The summed E-state index contributed by atoms with van der Waals surface area (Å²) in [6, 6.07) is 5.88. The lowest BCUT2D eigenvalue weighted by Crippen LogP contribution is -1.94. The van der Waals surface area contributed by atoms with Crippen LogP contribution < -0.4 is 4.74 Å². The first kappa shape index (κ1) is 9.65. The van der Waals surface area contributed by atoms with E-state index in [1.54, 1.807) is 14.2 Å². The molecule has 0 fully saturated rings. The lowest BCUT2D eigenvalue weighted by atomic mass is 10.1. The van der Waals surface area contributed by atoms with Crippen molar-refractivity contribution in [1.29, 1.82) is 0 Å². The number of rotatable bonds is 3. The normalized spacial score (nSPS) is 9.46. The molecule has 0 unspecified atom stereocenters. The van der Waals surface area contributed by atoms with Crippen LogP contribution in [0.25, 0.3) is 5.76 Å². The van der Waals surface area contributed by atoms with Crippen molar-refractivity contribution < 1.29 is 9.47 Å². The van der Waals surface area contributed by atoms with Crippen LogP contribution in [0.1, 0.15) is 11.1 Å². The molecule has 0 aliphatic heterocycles. The van der Waals surface area contributed by atoms with Gasteiger partial charge in [-0.15, -0.1) is 0 Å². The highest BCUT2D eigenvalue weighted by Crippen LogP contribution is 2.28. The summed E-state index contributed by atoms with van der Waals surface area (Å²) in [5, 5.41) is 0. The largest absolute Gasteiger partial charge is 0.497 e. The van der Waals surface area contributed by atoms with Gasteiger partial charge in [0.15, 0.2) is 0 Å². The molecule has 1 aromatic rings. The molecule has 0 aromatic heterocycles. The summed E-state index contributed by atoms with van der Waals surface area (Å²) in [5.74, 6) is 1.45. The van der Waals surface area contributed by atoms with E-state index in [9.17, 15) is 0 Å². The molecule has 1 rings (SSSR count). The summed E-state index contributed by atoms with van der Waals surface area (Å²) in [6.07, 6.45) is 0. The van der Waals surface area contributed by atoms with E-state index in [4.69, 9.17) is 9.47 Å². The first-order valence-electron chi connectivity index (χ1n) is 4.07. The second-order valence-corrected chi connectivity index (χ2v) is 2.78. The topological polar surface area (TPSA) is 18.5 Å². The SMILES string of the molecule is C=C(OC)c1cccc(C)c1OC. The quantitative estimate of drug-likeness (QED) is 0.662. The van der Waals surface area contributed by atoms with Crippen molar-refractivity contribution in [2.75, 3.05) is 14.2 Å². The van der Waals surface area contributed by atoms with E-state index < -0.39 is 0 Å². The molecule has 0 saturated heterocycles. The van der Waals surface area contributed by atoms with Crippen molar-refractivity contribution in [3.05, 3.63) is 35.9 Å². The van der Waals surface area contributed by atoms with E-state index in [2.05, 4.69) is 6.58 Å². The van der Waals surface area contributed by atoms with Crippen LogP contribution in [0.5, 0.6) is 5.75 Å². The van der Waals surface area contributed by atoms with Crippen molar-refractivity contribution in [1.82, 2.24) is 0 Å². The number of hydrogen-bond donors (Lipinski definition) is 0. The van der Waals surface area contributed by atoms with E-state index in [1.807, 2.05) is 25.1 Å². The fourth-order valence-corrected chi connectivity index (χ4v) is 1.25. The van der Waals surface area contributed by atoms with Gasteiger partial charge in [-0.1, -0.05) is 18.7 Å². The van der Waals surface area contributed by atoms with Gasteiger partial charge in [-0.2, -0.15) is 0 Å². The number of hydrogen-bond acceptors (Lipinski definition) is 2. The molecule has 0 atom stereocenters. The van der Waals surface area contributed by atoms with Gasteiger partial charge < -0.3 is 9.47 Å². The first-order chi connectivity index (χ1) is 6.20. The Morgan fingerprint density at radius 1 is 1.31 bits per heavy atom. The van der Waals surface area contributed by atoms with Gasteiger partial charge in [0, 0.05) is 0 Å². The Morgan fingerprint density at radius 3 is 2.54 bits per heavy atom. The molecule has 0 bridgehead atoms. The van der Waals surface area contributed by atoms with Gasteiger partial charge in [-0.25, -0.2) is 0 Å². The maximum atomic E-state index is 5.26. The number of aryl methyl sites for hydroxylation is 1. The molecule has 13 heavy (non-hydrogen) atoms. The summed E-state index contributed by atoms with van der Waals surface area (Å²) in [6.45, 7) is 5.78. The molecule has 2 nitrogen and oxygen atoms in total. The Labute approximate surface area is 78.8 Å². The minimum atomic E-state index is 0.626. The van der Waals surface area contributed by atoms with Crippen molar-refractivity contribution >= 4 is 5.76 Å². The zero-order valence-corrected chi connectivity index (χ0v) is 8.26. The molecular weight excluding hydrogens is 164 g/mol. The molecule has 0 radical (unpaired) electrons. The fraction of sp³-hybridized carbons (Fsp3) is 0.273. The number of para-hydroxylation sites is 1. The van der Waals surface area contributed by atoms with E-state index in [0.717, 1.165) is 16.9 Å². The molecule has 0 aliphatic carbocycles. The molecule has 1 aromatic carbocycles. The van der Waals surface area contributed by atoms with Crippen LogP contribution in [-0.4, -0.2) is 14.2 Å². The molecule has 0 spiro atoms. The molecule has 70 valence electrons. The predicted octanol–water partition coefficient (Wildman–Crippen LogP) is 2.62. The third-order valence-corrected chi connectivity index (χ3v) is 1.96. The smallest absolute Gasteiger partial charge is 0.132 e. The van der Waals surface area contributed by atoms with E-state index in [1.165, 1.54) is 0 Å². The van der Waals surface area contributed by atoms with Crippen LogP contribution in [0.2, 0.25) is 0 Å². The maximum Gasteiger partial charge on any atom is 0.132 e. The number of ether oxygens (including phenoxy) is 2. The minimum Gasteiger partial charge on any atom is -0.497 e. The summed E-state index contributed by atoms with van der Waals surface area (Å²) < 4.78 is 10.3. The van der Waals surface area contributed by atoms with Gasteiger partial charge in [0.2, 0.25) is 0 Å². The van der Waals surface area contributed by atoms with E-state index in [-0.39, 0.29) is 0 Å². The van der Waals surface area contributed by atoms with Crippen LogP contribution in [0.15, 0.2) is 24.8 Å². The van der Waals surface area contributed by atoms with Gasteiger partial charge in [-0.3, -0.25) is 0 Å². The summed E-state index contributed by atoms with van der Waals surface area (Å²) in [7, 11) is 3.25. The molecule has 0 amide bonds. The lowest BCUT2D eigenvalue weighted by molar-refractivity contribution is 0.362. The third kappa shape index (κ3) is 1.83. The maximum absolute atomic E-state index is 5.26. The highest BCUT2D eigenvalue weighted by atomic mass is 16.5. The van der Waals surface area contributed by atoms with Gasteiger partial charge in [0.1, 0.15) is 11.5 Å². The Balaban J connectivity index is 3.20. The predicted molar refractivity (Wildman–Crippen MR) is 53.8 cm³/mol. The average Bonchev–Trinajstić information content (AvgIpc) is 2.16. The standard InChI is InChI=1S/C11H14O2/c1-8-6-5-7-10(9(2)12-3)11(8)13-4/h5-7H,2H2,1,3-4H3. The Hall–Kier alpha value is -1.44. The number of benzene rings is 1. The van der Waals surface area contributed by atoms with Crippen LogP contribution in [0.4, 0.5) is 0 Å². The highest BCUT2D eigenvalue weighted by Gasteiger charge is 2.08. The van der Waals surface area contributed by atoms with E-state index >= 15 is 0 Å². The van der Waals surface area contributed by atoms with Crippen LogP contribution >= 0.6 is 0 Å². The van der Waals surface area contributed by atoms with Crippen LogP contribution in [-0.2, 0) is 4.74 Å². The molecule has 0 aliphatic rings. The van der Waals surface area contributed by atoms with Gasteiger partial charge in [0.25, 0.3) is 0 Å². The fourth-order valence-electron chi connectivity index (χ4n) is 1.25. The molecule has 0 heterocycles. The second kappa shape index (κ2) is 3.99. The Morgan fingerprint density at radius 2 is 2.00 bits per heavy atom. The molecule has 0 saturated carbocycles. The third-order valence-electron chi connectivity index (χ3n) is 1.96. The van der Waals surface area contributed by atoms with Crippen LogP contribution in [0, 0.1) is 6.92 Å². The van der Waals surface area contributed by atoms with Gasteiger partial charge >= 0.3 is 0 Å². The molecule has 0 N–H and O–H groups in total. The molecular formula is C11H14O2. The zero-order valence-electron chi connectivity index (χ0n) is 8.26.